The molecule has 0 aliphatic heterocycles. The number of nitrogens with one attached hydrogen (secondary N) is 1. The van der Waals surface area contributed by atoms with Gasteiger partial charge in [-0.25, -0.2) is 0 Å². The zero-order valence-corrected chi connectivity index (χ0v) is 16.1. The summed E-state index contributed by atoms with van der Waals surface area (Å²) in [7, 11) is 0. The predicted molar refractivity (Wildman–Crippen MR) is 111 cm³/mol. The SMILES string of the molecule is Cc1ccc(-n2c(C)cc(/C=N\Nc3ccc([N+](=O)[O-])cc3[N+](=O)[O-])c2C)cc1. The summed E-state index contributed by atoms with van der Waals surface area (Å²) in [4.78, 5) is 20.7. The van der Waals surface area contributed by atoms with Gasteiger partial charge in [-0.2, -0.15) is 5.10 Å². The second-order valence-corrected chi connectivity index (χ2v) is 6.58. The number of benzene rings is 2. The number of anilines is 1. The van der Waals surface area contributed by atoms with Gasteiger partial charge in [0.2, 0.25) is 0 Å². The molecule has 9 heteroatoms. The molecule has 0 saturated heterocycles. The first-order valence-corrected chi connectivity index (χ1v) is 8.76. The Bertz CT molecular complexity index is 1120. The summed E-state index contributed by atoms with van der Waals surface area (Å²) < 4.78 is 2.09. The molecule has 0 unspecified atom stereocenters. The van der Waals surface area contributed by atoms with Crippen LogP contribution in [0.1, 0.15) is 22.5 Å². The Hall–Kier alpha value is -4.01. The number of rotatable bonds is 6. The molecule has 0 atom stereocenters. The lowest BCUT2D eigenvalue weighted by atomic mass is 10.2. The van der Waals surface area contributed by atoms with E-state index < -0.39 is 15.5 Å². The van der Waals surface area contributed by atoms with Gasteiger partial charge in [-0.15, -0.1) is 0 Å². The highest BCUT2D eigenvalue weighted by atomic mass is 16.6. The molecule has 1 aromatic heterocycles. The third kappa shape index (κ3) is 4.13. The van der Waals surface area contributed by atoms with Crippen LogP contribution in [-0.2, 0) is 0 Å². The van der Waals surface area contributed by atoms with Crippen molar-refractivity contribution in [3.05, 3.63) is 91.3 Å². The van der Waals surface area contributed by atoms with Crippen LogP contribution in [0.15, 0.2) is 53.6 Å². The van der Waals surface area contributed by atoms with Gasteiger partial charge < -0.3 is 4.57 Å². The molecule has 3 rings (SSSR count). The molecule has 0 aliphatic carbocycles. The Morgan fingerprint density at radius 1 is 0.966 bits per heavy atom. The monoisotopic (exact) mass is 393 g/mol. The fourth-order valence-corrected chi connectivity index (χ4v) is 3.06. The van der Waals surface area contributed by atoms with Crippen molar-refractivity contribution < 1.29 is 9.85 Å². The predicted octanol–water partition coefficient (Wildman–Crippen LogP) is 4.66. The molecule has 148 valence electrons. The molecule has 9 nitrogen and oxygen atoms in total. The van der Waals surface area contributed by atoms with E-state index in [2.05, 4.69) is 15.1 Å². The maximum atomic E-state index is 11.2. The number of aryl methyl sites for hydroxylation is 2. The van der Waals surface area contributed by atoms with E-state index in [0.29, 0.717) is 0 Å². The number of nitro groups is 2. The standard InChI is InChI=1S/C20H19N5O4/c1-13-4-6-17(7-5-13)23-14(2)10-16(15(23)3)12-21-22-19-9-8-18(24(26)27)11-20(19)25(28)29/h4-12,22H,1-3H3/b21-12-. The summed E-state index contributed by atoms with van der Waals surface area (Å²) in [5, 5.41) is 26.1. The zero-order valence-electron chi connectivity index (χ0n) is 16.1. The van der Waals surface area contributed by atoms with Crippen LogP contribution in [0.4, 0.5) is 17.1 Å². The molecule has 0 amide bonds. The van der Waals surface area contributed by atoms with Crippen LogP contribution in [0.25, 0.3) is 5.69 Å². The van der Waals surface area contributed by atoms with Gasteiger partial charge >= 0.3 is 5.69 Å². The van der Waals surface area contributed by atoms with Gasteiger partial charge in [0.05, 0.1) is 22.1 Å². The number of hydrogen-bond donors (Lipinski definition) is 1. The Kier molecular flexibility index (Phi) is 5.40. The number of hydrazone groups is 1. The van der Waals surface area contributed by atoms with Crippen LogP contribution in [0.3, 0.4) is 0 Å². The first kappa shape index (κ1) is 19.7. The van der Waals surface area contributed by atoms with Crippen molar-refractivity contribution in [1.82, 2.24) is 4.57 Å². The van der Waals surface area contributed by atoms with E-state index >= 15 is 0 Å². The molecule has 29 heavy (non-hydrogen) atoms. The lowest BCUT2D eigenvalue weighted by Crippen LogP contribution is -2.00. The number of nitro benzene ring substituents is 2. The van der Waals surface area contributed by atoms with E-state index in [1.807, 2.05) is 51.1 Å². The molecular weight excluding hydrogens is 374 g/mol. The molecule has 1 N–H and O–H groups in total. The van der Waals surface area contributed by atoms with Crippen molar-refractivity contribution in [3.8, 4) is 5.69 Å². The Labute approximate surface area is 166 Å². The smallest absolute Gasteiger partial charge is 0.301 e. The van der Waals surface area contributed by atoms with E-state index in [1.165, 1.54) is 17.7 Å². The molecule has 0 bridgehead atoms. The lowest BCUT2D eigenvalue weighted by Gasteiger charge is -2.09. The van der Waals surface area contributed by atoms with Crippen molar-refractivity contribution >= 4 is 23.3 Å². The van der Waals surface area contributed by atoms with Crippen molar-refractivity contribution in [1.29, 1.82) is 0 Å². The van der Waals surface area contributed by atoms with Crippen molar-refractivity contribution in [2.45, 2.75) is 20.8 Å². The fourth-order valence-electron chi connectivity index (χ4n) is 3.06. The van der Waals surface area contributed by atoms with Gasteiger partial charge in [-0.3, -0.25) is 25.7 Å². The van der Waals surface area contributed by atoms with Gasteiger partial charge in [0.1, 0.15) is 5.69 Å². The first-order chi connectivity index (χ1) is 13.8. The summed E-state index contributed by atoms with van der Waals surface area (Å²) >= 11 is 0. The third-order valence-electron chi connectivity index (χ3n) is 4.54. The van der Waals surface area contributed by atoms with E-state index in [0.717, 1.165) is 28.7 Å². The maximum absolute atomic E-state index is 11.2. The van der Waals surface area contributed by atoms with E-state index in [1.54, 1.807) is 6.21 Å². The molecule has 2 aromatic carbocycles. The molecule has 0 saturated carbocycles. The van der Waals surface area contributed by atoms with E-state index in [4.69, 9.17) is 0 Å². The quantitative estimate of drug-likeness (QED) is 0.371. The Balaban J connectivity index is 1.86. The maximum Gasteiger partial charge on any atom is 0.301 e. The Morgan fingerprint density at radius 3 is 2.28 bits per heavy atom. The van der Waals surface area contributed by atoms with Crippen LogP contribution in [0, 0.1) is 41.0 Å². The van der Waals surface area contributed by atoms with Crippen molar-refractivity contribution in [2.24, 2.45) is 5.10 Å². The summed E-state index contributed by atoms with van der Waals surface area (Å²) in [5.41, 5.74) is 6.95. The van der Waals surface area contributed by atoms with Crippen LogP contribution >= 0.6 is 0 Å². The van der Waals surface area contributed by atoms with E-state index in [9.17, 15) is 20.2 Å². The number of hydrogen-bond acceptors (Lipinski definition) is 6. The average molecular weight is 393 g/mol. The van der Waals surface area contributed by atoms with Crippen LogP contribution in [-0.4, -0.2) is 20.6 Å². The summed E-state index contributed by atoms with van der Waals surface area (Å²) in [6, 6.07) is 13.5. The van der Waals surface area contributed by atoms with Crippen molar-refractivity contribution in [3.63, 3.8) is 0 Å². The minimum absolute atomic E-state index is 0.0733. The number of aromatic nitrogens is 1. The lowest BCUT2D eigenvalue weighted by molar-refractivity contribution is -0.393. The molecule has 0 spiro atoms. The largest absolute Gasteiger partial charge is 0.318 e. The molecule has 1 heterocycles. The van der Waals surface area contributed by atoms with Crippen LogP contribution in [0.2, 0.25) is 0 Å². The van der Waals surface area contributed by atoms with Gasteiger partial charge in [0.15, 0.2) is 0 Å². The summed E-state index contributed by atoms with van der Waals surface area (Å²) in [5.74, 6) is 0. The van der Waals surface area contributed by atoms with Gasteiger partial charge in [0.25, 0.3) is 5.69 Å². The van der Waals surface area contributed by atoms with Crippen molar-refractivity contribution in [2.75, 3.05) is 5.43 Å². The topological polar surface area (TPSA) is 116 Å². The molecule has 0 fully saturated rings. The minimum Gasteiger partial charge on any atom is -0.318 e. The molecule has 0 aliphatic rings. The van der Waals surface area contributed by atoms with E-state index in [-0.39, 0.29) is 11.4 Å². The first-order valence-electron chi connectivity index (χ1n) is 8.76. The number of nitrogens with zero attached hydrogens (tertiary/aromatic N) is 4. The normalized spacial score (nSPS) is 11.0. The Morgan fingerprint density at radius 2 is 1.66 bits per heavy atom. The van der Waals surface area contributed by atoms with Crippen LogP contribution < -0.4 is 5.43 Å². The average Bonchev–Trinajstić information content (AvgIpc) is 2.96. The molecular formula is C20H19N5O4. The van der Waals surface area contributed by atoms with Crippen LogP contribution in [0.5, 0.6) is 0 Å². The zero-order chi connectivity index (χ0) is 21.1. The second-order valence-electron chi connectivity index (χ2n) is 6.58. The minimum atomic E-state index is -0.686. The molecule has 3 aromatic rings. The fraction of sp³-hybridized carbons (Fsp3) is 0.150. The third-order valence-corrected chi connectivity index (χ3v) is 4.54. The van der Waals surface area contributed by atoms with Gasteiger partial charge in [-0.1, -0.05) is 17.7 Å². The molecule has 0 radical (unpaired) electrons. The van der Waals surface area contributed by atoms with Gasteiger partial charge in [0, 0.05) is 28.7 Å². The summed E-state index contributed by atoms with van der Waals surface area (Å²) in [6.45, 7) is 5.97. The summed E-state index contributed by atoms with van der Waals surface area (Å²) in [6.07, 6.45) is 1.57. The van der Waals surface area contributed by atoms with Gasteiger partial charge in [-0.05, 0) is 45.0 Å². The highest BCUT2D eigenvalue weighted by Crippen LogP contribution is 2.29. The second kappa shape index (κ2) is 7.93. The number of non-ortho nitro benzene ring substituents is 1. The highest BCUT2D eigenvalue weighted by Gasteiger charge is 2.19. The highest BCUT2D eigenvalue weighted by molar-refractivity contribution is 5.83.